The van der Waals surface area contributed by atoms with Crippen molar-refractivity contribution < 1.29 is 9.53 Å². The van der Waals surface area contributed by atoms with Gasteiger partial charge in [-0.1, -0.05) is 0 Å². The summed E-state index contributed by atoms with van der Waals surface area (Å²) in [5.41, 5.74) is 0.842. The van der Waals surface area contributed by atoms with E-state index in [1.807, 2.05) is 13.8 Å². The highest BCUT2D eigenvalue weighted by atomic mass is 32.1. The number of carbonyl (C=O) groups excluding carboxylic acids is 1. The van der Waals surface area contributed by atoms with E-state index in [0.29, 0.717) is 6.61 Å². The first kappa shape index (κ1) is 11.3. The molecule has 3 nitrogen and oxygen atoms in total. The standard InChI is InChI=1S/C10H15NO2S/c1-4-13-6-5-9-11-7(2)10(14-9)8(3)12/h4-6H2,1-3H3. The Labute approximate surface area is 88.1 Å². The van der Waals surface area contributed by atoms with E-state index in [1.54, 1.807) is 6.92 Å². The van der Waals surface area contributed by atoms with Crippen molar-refractivity contribution in [2.24, 2.45) is 0 Å². The van der Waals surface area contributed by atoms with Gasteiger partial charge in [-0.05, 0) is 13.8 Å². The number of thiazole rings is 1. The zero-order chi connectivity index (χ0) is 10.6. The van der Waals surface area contributed by atoms with Gasteiger partial charge in [0.05, 0.1) is 22.2 Å². The Morgan fingerprint density at radius 3 is 2.79 bits per heavy atom. The van der Waals surface area contributed by atoms with E-state index in [0.717, 1.165) is 28.6 Å². The largest absolute Gasteiger partial charge is 0.381 e. The lowest BCUT2D eigenvalue weighted by Crippen LogP contribution is -1.97. The number of nitrogens with zero attached hydrogens (tertiary/aromatic N) is 1. The Hall–Kier alpha value is -0.740. The fourth-order valence-corrected chi connectivity index (χ4v) is 2.13. The summed E-state index contributed by atoms with van der Waals surface area (Å²) in [4.78, 5) is 16.2. The molecule has 4 heteroatoms. The van der Waals surface area contributed by atoms with Gasteiger partial charge in [-0.2, -0.15) is 0 Å². The number of ether oxygens (including phenoxy) is 1. The van der Waals surface area contributed by atoms with E-state index >= 15 is 0 Å². The third kappa shape index (κ3) is 2.89. The van der Waals surface area contributed by atoms with Gasteiger partial charge in [0.2, 0.25) is 0 Å². The Kier molecular flexibility index (Phi) is 4.22. The van der Waals surface area contributed by atoms with E-state index in [9.17, 15) is 4.79 Å². The second-order valence-corrected chi connectivity index (χ2v) is 4.11. The van der Waals surface area contributed by atoms with Gasteiger partial charge >= 0.3 is 0 Å². The summed E-state index contributed by atoms with van der Waals surface area (Å²) in [7, 11) is 0. The minimum atomic E-state index is 0.0997. The quantitative estimate of drug-likeness (QED) is 0.556. The van der Waals surface area contributed by atoms with E-state index in [4.69, 9.17) is 4.74 Å². The molecule has 0 aliphatic rings. The van der Waals surface area contributed by atoms with Crippen molar-refractivity contribution in [1.29, 1.82) is 0 Å². The van der Waals surface area contributed by atoms with E-state index in [1.165, 1.54) is 11.3 Å². The summed E-state index contributed by atoms with van der Waals surface area (Å²) in [6.45, 7) is 6.82. The van der Waals surface area contributed by atoms with Gasteiger partial charge in [-0.15, -0.1) is 11.3 Å². The monoisotopic (exact) mass is 213 g/mol. The lowest BCUT2D eigenvalue weighted by Gasteiger charge is -1.96. The van der Waals surface area contributed by atoms with Crippen molar-refractivity contribution >= 4 is 17.1 Å². The third-order valence-electron chi connectivity index (χ3n) is 1.83. The molecule has 1 aromatic heterocycles. The van der Waals surface area contributed by atoms with Crippen molar-refractivity contribution in [2.45, 2.75) is 27.2 Å². The highest BCUT2D eigenvalue weighted by molar-refractivity contribution is 7.13. The molecular weight excluding hydrogens is 198 g/mol. The van der Waals surface area contributed by atoms with Crippen LogP contribution in [0.25, 0.3) is 0 Å². The first-order chi connectivity index (χ1) is 6.65. The number of aromatic nitrogens is 1. The molecule has 0 saturated carbocycles. The van der Waals surface area contributed by atoms with Gasteiger partial charge in [-0.25, -0.2) is 4.98 Å². The number of hydrogen-bond acceptors (Lipinski definition) is 4. The average Bonchev–Trinajstić information content (AvgIpc) is 2.47. The summed E-state index contributed by atoms with van der Waals surface area (Å²) >= 11 is 1.48. The maximum atomic E-state index is 11.1. The Balaban J connectivity index is 2.62. The fraction of sp³-hybridized carbons (Fsp3) is 0.600. The molecule has 0 unspecified atom stereocenters. The molecule has 0 aromatic carbocycles. The first-order valence-electron chi connectivity index (χ1n) is 4.70. The molecule has 0 N–H and O–H groups in total. The Bertz CT molecular complexity index is 320. The molecular formula is C10H15NO2S. The first-order valence-corrected chi connectivity index (χ1v) is 5.51. The summed E-state index contributed by atoms with van der Waals surface area (Å²) in [5.74, 6) is 0.0997. The smallest absolute Gasteiger partial charge is 0.171 e. The van der Waals surface area contributed by atoms with Crippen LogP contribution in [-0.4, -0.2) is 24.0 Å². The minimum absolute atomic E-state index is 0.0997. The lowest BCUT2D eigenvalue weighted by atomic mass is 10.3. The second-order valence-electron chi connectivity index (χ2n) is 3.03. The molecule has 14 heavy (non-hydrogen) atoms. The highest BCUT2D eigenvalue weighted by Crippen LogP contribution is 2.18. The number of carbonyl (C=O) groups is 1. The number of rotatable bonds is 5. The number of aryl methyl sites for hydroxylation is 1. The van der Waals surface area contributed by atoms with E-state index in [2.05, 4.69) is 4.98 Å². The zero-order valence-corrected chi connectivity index (χ0v) is 9.61. The average molecular weight is 213 g/mol. The minimum Gasteiger partial charge on any atom is -0.381 e. The predicted octanol–water partition coefficient (Wildman–Crippen LogP) is 2.23. The summed E-state index contributed by atoms with van der Waals surface area (Å²) in [6, 6.07) is 0. The molecule has 0 atom stereocenters. The van der Waals surface area contributed by atoms with Gasteiger partial charge < -0.3 is 4.74 Å². The van der Waals surface area contributed by atoms with Crippen molar-refractivity contribution in [1.82, 2.24) is 4.98 Å². The topological polar surface area (TPSA) is 39.2 Å². The maximum Gasteiger partial charge on any atom is 0.171 e. The normalized spacial score (nSPS) is 10.5. The van der Waals surface area contributed by atoms with Crippen molar-refractivity contribution in [3.63, 3.8) is 0 Å². The Morgan fingerprint density at radius 1 is 1.57 bits per heavy atom. The molecule has 0 amide bonds. The van der Waals surface area contributed by atoms with Gasteiger partial charge in [0.25, 0.3) is 0 Å². The molecule has 1 heterocycles. The van der Waals surface area contributed by atoms with Crippen molar-refractivity contribution in [3.05, 3.63) is 15.6 Å². The lowest BCUT2D eigenvalue weighted by molar-refractivity contribution is 0.102. The van der Waals surface area contributed by atoms with Crippen LogP contribution in [0.1, 0.15) is 34.2 Å². The summed E-state index contributed by atoms with van der Waals surface area (Å²) < 4.78 is 5.23. The van der Waals surface area contributed by atoms with Crippen LogP contribution >= 0.6 is 11.3 Å². The van der Waals surface area contributed by atoms with Crippen LogP contribution in [0.5, 0.6) is 0 Å². The highest BCUT2D eigenvalue weighted by Gasteiger charge is 2.10. The molecule has 1 rings (SSSR count). The predicted molar refractivity (Wildman–Crippen MR) is 57.1 cm³/mol. The maximum absolute atomic E-state index is 11.1. The Morgan fingerprint density at radius 2 is 2.29 bits per heavy atom. The molecule has 0 aliphatic carbocycles. The SMILES string of the molecule is CCOCCc1nc(C)c(C(C)=O)s1. The van der Waals surface area contributed by atoms with Gasteiger partial charge in [0.15, 0.2) is 5.78 Å². The fourth-order valence-electron chi connectivity index (χ4n) is 1.19. The van der Waals surface area contributed by atoms with Crippen LogP contribution < -0.4 is 0 Å². The molecule has 0 aliphatic heterocycles. The van der Waals surface area contributed by atoms with Crippen molar-refractivity contribution in [3.8, 4) is 0 Å². The third-order valence-corrected chi connectivity index (χ3v) is 3.14. The number of hydrogen-bond donors (Lipinski definition) is 0. The molecule has 78 valence electrons. The van der Waals surface area contributed by atoms with Crippen LogP contribution in [0.15, 0.2) is 0 Å². The summed E-state index contributed by atoms with van der Waals surface area (Å²) in [6.07, 6.45) is 0.798. The number of ketones is 1. The molecule has 0 bridgehead atoms. The van der Waals surface area contributed by atoms with Crippen LogP contribution in [0.4, 0.5) is 0 Å². The molecule has 1 aromatic rings. The molecule has 0 radical (unpaired) electrons. The molecule has 0 spiro atoms. The van der Waals surface area contributed by atoms with Gasteiger partial charge in [0, 0.05) is 20.0 Å². The van der Waals surface area contributed by atoms with Crippen molar-refractivity contribution in [2.75, 3.05) is 13.2 Å². The van der Waals surface area contributed by atoms with E-state index in [-0.39, 0.29) is 5.78 Å². The van der Waals surface area contributed by atoms with Crippen LogP contribution in [-0.2, 0) is 11.2 Å². The second kappa shape index (κ2) is 5.22. The zero-order valence-electron chi connectivity index (χ0n) is 8.79. The summed E-state index contributed by atoms with van der Waals surface area (Å²) in [5, 5.41) is 0.987. The van der Waals surface area contributed by atoms with Crippen LogP contribution in [0, 0.1) is 6.92 Å². The molecule has 0 fully saturated rings. The van der Waals surface area contributed by atoms with Crippen LogP contribution in [0.3, 0.4) is 0 Å². The molecule has 0 saturated heterocycles. The van der Waals surface area contributed by atoms with Gasteiger partial charge in [0.1, 0.15) is 0 Å². The number of Topliss-reactive ketones (excluding diaryl/α,β-unsaturated/α-hetero) is 1. The van der Waals surface area contributed by atoms with Gasteiger partial charge in [-0.3, -0.25) is 4.79 Å². The van der Waals surface area contributed by atoms with E-state index < -0.39 is 0 Å². The van der Waals surface area contributed by atoms with Crippen LogP contribution in [0.2, 0.25) is 0 Å².